The molecule has 2 aliphatic rings. The monoisotopic (exact) mass is 387 g/mol. The quantitative estimate of drug-likeness (QED) is 0.871. The molecule has 144 valence electrons. The Balaban J connectivity index is 1.58. The molecule has 0 unspecified atom stereocenters. The van der Waals surface area contributed by atoms with E-state index in [2.05, 4.69) is 22.0 Å². The van der Waals surface area contributed by atoms with Crippen molar-refractivity contribution >= 4 is 17.2 Å². The number of aliphatic hydroxyl groups is 1. The highest BCUT2D eigenvalue weighted by Gasteiger charge is 2.38. The lowest BCUT2D eigenvalue weighted by molar-refractivity contribution is -0.0771. The molecule has 2 aliphatic heterocycles. The van der Waals surface area contributed by atoms with Gasteiger partial charge in [0, 0.05) is 31.6 Å². The van der Waals surface area contributed by atoms with Crippen LogP contribution in [0, 0.1) is 0 Å². The summed E-state index contributed by atoms with van der Waals surface area (Å²) in [7, 11) is 0. The zero-order valence-electron chi connectivity index (χ0n) is 15.2. The van der Waals surface area contributed by atoms with Crippen LogP contribution in [0.15, 0.2) is 41.2 Å². The maximum atomic E-state index is 13.1. The van der Waals surface area contributed by atoms with Gasteiger partial charge >= 0.3 is 0 Å². The summed E-state index contributed by atoms with van der Waals surface area (Å²) in [6.45, 7) is 3.57. The smallest absolute Gasteiger partial charge is 0.274 e. The minimum Gasteiger partial charge on any atom is -0.393 e. The van der Waals surface area contributed by atoms with E-state index in [4.69, 9.17) is 4.74 Å². The zero-order valence-corrected chi connectivity index (χ0v) is 16.1. The first-order chi connectivity index (χ1) is 13.2. The molecule has 27 heavy (non-hydrogen) atoms. The van der Waals surface area contributed by atoms with Crippen LogP contribution >= 0.6 is 11.3 Å². The minimum atomic E-state index is -0.193. The second kappa shape index (κ2) is 8.48. The van der Waals surface area contributed by atoms with Crippen LogP contribution in [0.4, 0.5) is 0 Å². The number of thiazole rings is 1. The van der Waals surface area contributed by atoms with Gasteiger partial charge in [0.2, 0.25) is 0 Å². The Labute approximate surface area is 163 Å². The van der Waals surface area contributed by atoms with E-state index in [1.54, 1.807) is 10.9 Å². The van der Waals surface area contributed by atoms with Gasteiger partial charge in [-0.25, -0.2) is 4.98 Å². The highest BCUT2D eigenvalue weighted by atomic mass is 32.1. The number of carbonyl (C=O) groups is 1. The van der Waals surface area contributed by atoms with E-state index in [9.17, 15) is 9.90 Å². The van der Waals surface area contributed by atoms with Gasteiger partial charge in [0.05, 0.1) is 30.4 Å². The Hall–Kier alpha value is -1.80. The van der Waals surface area contributed by atoms with Crippen molar-refractivity contribution in [3.05, 3.63) is 52.5 Å². The molecule has 1 amide bonds. The molecule has 6 nitrogen and oxygen atoms in total. The molecule has 0 spiro atoms. The number of benzene rings is 1. The summed E-state index contributed by atoms with van der Waals surface area (Å²) in [5, 5.41) is 11.6. The third-order valence-electron chi connectivity index (χ3n) is 5.40. The van der Waals surface area contributed by atoms with Gasteiger partial charge in [0.15, 0.2) is 0 Å². The van der Waals surface area contributed by atoms with Crippen molar-refractivity contribution in [2.24, 2.45) is 0 Å². The molecule has 1 N–H and O–H groups in total. The van der Waals surface area contributed by atoms with E-state index in [1.165, 1.54) is 11.3 Å². The second-order valence-corrected chi connectivity index (χ2v) is 7.89. The predicted octanol–water partition coefficient (Wildman–Crippen LogP) is 2.18. The fourth-order valence-electron chi connectivity index (χ4n) is 3.98. The fraction of sp³-hybridized carbons (Fsp3) is 0.500. The molecule has 2 atom stereocenters. The molecule has 0 radical (unpaired) electrons. The summed E-state index contributed by atoms with van der Waals surface area (Å²) in [5.74, 6) is -0.0348. The van der Waals surface area contributed by atoms with Crippen molar-refractivity contribution in [2.75, 3.05) is 32.8 Å². The molecule has 3 heterocycles. The van der Waals surface area contributed by atoms with Crippen LogP contribution in [0.3, 0.4) is 0 Å². The molecule has 7 heteroatoms. The van der Waals surface area contributed by atoms with Crippen molar-refractivity contribution in [1.82, 2.24) is 14.8 Å². The minimum absolute atomic E-state index is 0.0348. The Kier molecular flexibility index (Phi) is 5.83. The third-order valence-corrected chi connectivity index (χ3v) is 5.99. The number of aromatic nitrogens is 1. The van der Waals surface area contributed by atoms with Crippen LogP contribution in [0.2, 0.25) is 0 Å². The van der Waals surface area contributed by atoms with E-state index in [1.807, 2.05) is 23.1 Å². The number of aliphatic hydroxyl groups excluding tert-OH is 1. The molecule has 2 saturated heterocycles. The number of piperidine rings is 1. The van der Waals surface area contributed by atoms with E-state index < -0.39 is 0 Å². The van der Waals surface area contributed by atoms with Gasteiger partial charge < -0.3 is 19.6 Å². The third kappa shape index (κ3) is 4.21. The molecule has 0 bridgehead atoms. The van der Waals surface area contributed by atoms with E-state index in [-0.39, 0.29) is 24.2 Å². The zero-order chi connectivity index (χ0) is 18.6. The number of rotatable bonds is 4. The van der Waals surface area contributed by atoms with E-state index in [0.29, 0.717) is 18.8 Å². The Bertz CT molecular complexity index is 732. The number of ether oxygens (including phenoxy) is 1. The molecule has 2 fully saturated rings. The molecule has 0 saturated carbocycles. The molecular formula is C20H25N3O3S. The first-order valence-electron chi connectivity index (χ1n) is 9.48. The topological polar surface area (TPSA) is 65.9 Å². The summed E-state index contributed by atoms with van der Waals surface area (Å²) in [5.41, 5.74) is 3.28. The number of hydrogen-bond acceptors (Lipinski definition) is 6. The number of nitrogens with zero attached hydrogens (tertiary/aromatic N) is 3. The molecule has 0 aliphatic carbocycles. The maximum Gasteiger partial charge on any atom is 0.274 e. The number of carbonyl (C=O) groups excluding carboxylic acids is 1. The van der Waals surface area contributed by atoms with Crippen LogP contribution in [0.25, 0.3) is 0 Å². The lowest BCUT2D eigenvalue weighted by atomic mass is 9.96. The van der Waals surface area contributed by atoms with Gasteiger partial charge in [-0.3, -0.25) is 4.79 Å². The number of amides is 1. The SMILES string of the molecule is O=C(c1cscn1)N1CCO[C@@H](CN2CCC(O)CC2)[C@@H]1c1ccccc1. The first kappa shape index (κ1) is 18.6. The van der Waals surface area contributed by atoms with Gasteiger partial charge in [0.25, 0.3) is 5.91 Å². The predicted molar refractivity (Wildman–Crippen MR) is 104 cm³/mol. The maximum absolute atomic E-state index is 13.1. The van der Waals surface area contributed by atoms with Crippen LogP contribution in [-0.2, 0) is 4.74 Å². The highest BCUT2D eigenvalue weighted by molar-refractivity contribution is 7.07. The van der Waals surface area contributed by atoms with E-state index >= 15 is 0 Å². The van der Waals surface area contributed by atoms with Crippen LogP contribution < -0.4 is 0 Å². The van der Waals surface area contributed by atoms with Gasteiger partial charge in [-0.1, -0.05) is 30.3 Å². The fourth-order valence-corrected chi connectivity index (χ4v) is 4.51. The van der Waals surface area contributed by atoms with Crippen molar-refractivity contribution in [1.29, 1.82) is 0 Å². The summed E-state index contributed by atoms with van der Waals surface area (Å²) < 4.78 is 6.16. The van der Waals surface area contributed by atoms with Gasteiger partial charge in [-0.2, -0.15) is 0 Å². The summed E-state index contributed by atoms with van der Waals surface area (Å²) in [4.78, 5) is 21.6. The first-order valence-corrected chi connectivity index (χ1v) is 10.4. The lowest BCUT2D eigenvalue weighted by Gasteiger charge is -2.43. The lowest BCUT2D eigenvalue weighted by Crippen LogP contribution is -2.52. The van der Waals surface area contributed by atoms with Crippen molar-refractivity contribution in [2.45, 2.75) is 31.1 Å². The normalized spacial score (nSPS) is 24.9. The average molecular weight is 388 g/mol. The number of likely N-dealkylation sites (tertiary alicyclic amines) is 1. The molecule has 1 aromatic carbocycles. The molecule has 1 aromatic heterocycles. The summed E-state index contributed by atoms with van der Waals surface area (Å²) >= 11 is 1.44. The van der Waals surface area contributed by atoms with Gasteiger partial charge in [-0.15, -0.1) is 11.3 Å². The van der Waals surface area contributed by atoms with Crippen LogP contribution in [0.5, 0.6) is 0 Å². The Morgan fingerprint density at radius 2 is 2.00 bits per heavy atom. The van der Waals surface area contributed by atoms with Crippen LogP contribution in [-0.4, -0.2) is 70.8 Å². The second-order valence-electron chi connectivity index (χ2n) is 7.17. The van der Waals surface area contributed by atoms with Crippen molar-refractivity contribution in [3.8, 4) is 0 Å². The number of morpholine rings is 1. The Morgan fingerprint density at radius 3 is 2.70 bits per heavy atom. The van der Waals surface area contributed by atoms with Crippen LogP contribution in [0.1, 0.15) is 34.9 Å². The molecule has 2 aromatic rings. The van der Waals surface area contributed by atoms with Crippen molar-refractivity contribution in [3.63, 3.8) is 0 Å². The average Bonchev–Trinajstić information content (AvgIpc) is 3.24. The highest BCUT2D eigenvalue weighted by Crippen LogP contribution is 2.32. The summed E-state index contributed by atoms with van der Waals surface area (Å²) in [6, 6.07) is 9.98. The standard InChI is InChI=1S/C20H25N3O3S/c24-16-6-8-22(9-7-16)12-18-19(15-4-2-1-3-5-15)23(10-11-26-18)20(25)17-13-27-14-21-17/h1-5,13-14,16,18-19,24H,6-12H2/t18-,19-/m0/s1. The molecular weight excluding hydrogens is 362 g/mol. The van der Waals surface area contributed by atoms with Crippen molar-refractivity contribution < 1.29 is 14.6 Å². The van der Waals surface area contributed by atoms with Gasteiger partial charge in [-0.05, 0) is 18.4 Å². The largest absolute Gasteiger partial charge is 0.393 e. The number of hydrogen-bond donors (Lipinski definition) is 1. The van der Waals surface area contributed by atoms with E-state index in [0.717, 1.165) is 38.0 Å². The molecule has 4 rings (SSSR count). The Morgan fingerprint density at radius 1 is 1.22 bits per heavy atom. The van der Waals surface area contributed by atoms with Gasteiger partial charge in [0.1, 0.15) is 5.69 Å². The summed E-state index contributed by atoms with van der Waals surface area (Å²) in [6.07, 6.45) is 1.30.